The number of carbonyl (C=O) groups is 1. The summed E-state index contributed by atoms with van der Waals surface area (Å²) in [6.07, 6.45) is 4.26. The minimum atomic E-state index is -0.375. The summed E-state index contributed by atoms with van der Waals surface area (Å²) < 4.78 is 18.4. The molecule has 0 unspecified atom stereocenters. The van der Waals surface area contributed by atoms with Gasteiger partial charge in [-0.2, -0.15) is 0 Å². The van der Waals surface area contributed by atoms with Crippen LogP contribution in [0, 0.1) is 5.82 Å². The summed E-state index contributed by atoms with van der Waals surface area (Å²) in [5.41, 5.74) is 0.653. The molecule has 3 rings (SSSR count). The molecule has 0 radical (unpaired) electrons. The zero-order valence-electron chi connectivity index (χ0n) is 9.13. The first-order valence-corrected chi connectivity index (χ1v) is 5.24. The molecule has 18 heavy (non-hydrogen) atoms. The van der Waals surface area contributed by atoms with Crippen LogP contribution in [0.5, 0.6) is 0 Å². The lowest BCUT2D eigenvalue weighted by Crippen LogP contribution is -2.02. The summed E-state index contributed by atoms with van der Waals surface area (Å²) >= 11 is 0. The van der Waals surface area contributed by atoms with Crippen molar-refractivity contribution in [2.75, 3.05) is 0 Å². The average Bonchev–Trinajstić information content (AvgIpc) is 2.81. The van der Waals surface area contributed by atoms with Crippen LogP contribution in [0.1, 0.15) is 16.2 Å². The lowest BCUT2D eigenvalue weighted by atomic mass is 10.2. The number of furan rings is 1. The normalized spacial score (nSPS) is 10.7. The number of aromatic nitrogens is 2. The number of halogens is 1. The van der Waals surface area contributed by atoms with E-state index in [4.69, 9.17) is 4.42 Å². The molecule has 0 saturated heterocycles. The van der Waals surface area contributed by atoms with E-state index in [1.807, 2.05) is 0 Å². The van der Waals surface area contributed by atoms with Crippen molar-refractivity contribution in [2.45, 2.75) is 0 Å². The van der Waals surface area contributed by atoms with Crippen molar-refractivity contribution in [1.29, 1.82) is 0 Å². The van der Waals surface area contributed by atoms with Crippen molar-refractivity contribution in [3.63, 3.8) is 0 Å². The number of benzene rings is 1. The first-order valence-electron chi connectivity index (χ1n) is 5.24. The Balaban J connectivity index is 2.07. The fraction of sp³-hybridized carbons (Fsp3) is 0. The van der Waals surface area contributed by atoms with Gasteiger partial charge in [-0.25, -0.2) is 9.37 Å². The number of ketones is 1. The molecule has 2 aromatic heterocycles. The van der Waals surface area contributed by atoms with E-state index in [2.05, 4.69) is 9.97 Å². The molecule has 0 spiro atoms. The zero-order chi connectivity index (χ0) is 12.5. The van der Waals surface area contributed by atoms with E-state index >= 15 is 0 Å². The van der Waals surface area contributed by atoms with Crippen molar-refractivity contribution in [2.24, 2.45) is 0 Å². The van der Waals surface area contributed by atoms with Crippen molar-refractivity contribution in [3.05, 3.63) is 60.1 Å². The second-order valence-corrected chi connectivity index (χ2v) is 3.71. The van der Waals surface area contributed by atoms with Gasteiger partial charge in [0.05, 0.1) is 6.20 Å². The molecule has 0 saturated carbocycles. The number of rotatable bonds is 2. The standard InChI is InChI=1S/C13H7FN2O2/c14-9-1-2-11-8(5-9)6-12(18-11)13(17)10-7-15-3-4-16-10/h1-7H. The third-order valence-electron chi connectivity index (χ3n) is 2.50. The molecule has 0 atom stereocenters. The average molecular weight is 242 g/mol. The Labute approximate surface area is 101 Å². The van der Waals surface area contributed by atoms with Gasteiger partial charge in [0.25, 0.3) is 0 Å². The van der Waals surface area contributed by atoms with E-state index in [9.17, 15) is 9.18 Å². The van der Waals surface area contributed by atoms with Crippen LogP contribution < -0.4 is 0 Å². The molecule has 0 N–H and O–H groups in total. The maximum atomic E-state index is 13.0. The number of nitrogens with zero attached hydrogens (tertiary/aromatic N) is 2. The largest absolute Gasteiger partial charge is 0.453 e. The predicted molar refractivity (Wildman–Crippen MR) is 61.6 cm³/mol. The molecule has 1 aromatic carbocycles. The van der Waals surface area contributed by atoms with Gasteiger partial charge in [0.15, 0.2) is 5.76 Å². The van der Waals surface area contributed by atoms with Crippen LogP contribution in [0.25, 0.3) is 11.0 Å². The maximum absolute atomic E-state index is 13.0. The van der Waals surface area contributed by atoms with Crippen molar-refractivity contribution in [1.82, 2.24) is 9.97 Å². The number of hydrogen-bond acceptors (Lipinski definition) is 4. The Morgan fingerprint density at radius 3 is 2.89 bits per heavy atom. The Bertz CT molecular complexity index is 722. The zero-order valence-corrected chi connectivity index (χ0v) is 9.13. The molecule has 5 heteroatoms. The second kappa shape index (κ2) is 4.03. The smallest absolute Gasteiger partial charge is 0.248 e. The fourth-order valence-electron chi connectivity index (χ4n) is 1.67. The highest BCUT2D eigenvalue weighted by Crippen LogP contribution is 2.21. The highest BCUT2D eigenvalue weighted by Gasteiger charge is 2.16. The Kier molecular flexibility index (Phi) is 2.37. The van der Waals surface area contributed by atoms with Gasteiger partial charge >= 0.3 is 0 Å². The first-order chi connectivity index (χ1) is 8.74. The molecular weight excluding hydrogens is 235 g/mol. The van der Waals surface area contributed by atoms with E-state index in [1.165, 1.54) is 42.9 Å². The number of hydrogen-bond donors (Lipinski definition) is 0. The summed E-state index contributed by atoms with van der Waals surface area (Å²) in [7, 11) is 0. The maximum Gasteiger partial charge on any atom is 0.248 e. The van der Waals surface area contributed by atoms with Crippen LogP contribution in [0.15, 0.2) is 47.3 Å². The molecule has 0 amide bonds. The van der Waals surface area contributed by atoms with Gasteiger partial charge in [-0.05, 0) is 24.3 Å². The first kappa shape index (κ1) is 10.6. The van der Waals surface area contributed by atoms with Gasteiger partial charge in [-0.15, -0.1) is 0 Å². The van der Waals surface area contributed by atoms with Crippen LogP contribution in [0.4, 0.5) is 4.39 Å². The van der Waals surface area contributed by atoms with Gasteiger partial charge in [0, 0.05) is 17.8 Å². The van der Waals surface area contributed by atoms with Gasteiger partial charge in [-0.1, -0.05) is 0 Å². The monoisotopic (exact) mass is 242 g/mol. The van der Waals surface area contributed by atoms with E-state index in [0.29, 0.717) is 11.0 Å². The summed E-state index contributed by atoms with van der Waals surface area (Å²) in [6, 6.07) is 5.57. The van der Waals surface area contributed by atoms with Crippen molar-refractivity contribution >= 4 is 16.8 Å². The van der Waals surface area contributed by atoms with Crippen molar-refractivity contribution in [3.8, 4) is 0 Å². The summed E-state index contributed by atoms with van der Waals surface area (Å²) in [6.45, 7) is 0. The van der Waals surface area contributed by atoms with Crippen LogP contribution in [-0.4, -0.2) is 15.8 Å². The fourth-order valence-corrected chi connectivity index (χ4v) is 1.67. The lowest BCUT2D eigenvalue weighted by molar-refractivity contribution is 0.101. The molecule has 0 aliphatic rings. The van der Waals surface area contributed by atoms with Gasteiger partial charge < -0.3 is 4.42 Å². The van der Waals surface area contributed by atoms with Crippen LogP contribution >= 0.6 is 0 Å². The van der Waals surface area contributed by atoms with Gasteiger partial charge in [0.1, 0.15) is 17.1 Å². The molecule has 2 heterocycles. The van der Waals surface area contributed by atoms with Crippen molar-refractivity contribution < 1.29 is 13.6 Å². The van der Waals surface area contributed by atoms with E-state index in [1.54, 1.807) is 0 Å². The highest BCUT2D eigenvalue weighted by atomic mass is 19.1. The van der Waals surface area contributed by atoms with E-state index in [-0.39, 0.29) is 23.1 Å². The Morgan fingerprint density at radius 1 is 1.22 bits per heavy atom. The molecule has 4 nitrogen and oxygen atoms in total. The molecule has 0 fully saturated rings. The summed E-state index contributed by atoms with van der Waals surface area (Å²) in [5.74, 6) is -0.627. The predicted octanol–water partition coefficient (Wildman–Crippen LogP) is 2.59. The van der Waals surface area contributed by atoms with Gasteiger partial charge in [-0.3, -0.25) is 9.78 Å². The van der Waals surface area contributed by atoms with Gasteiger partial charge in [0.2, 0.25) is 5.78 Å². The highest BCUT2D eigenvalue weighted by molar-refractivity contribution is 6.07. The lowest BCUT2D eigenvalue weighted by Gasteiger charge is -1.93. The molecule has 3 aromatic rings. The third-order valence-corrected chi connectivity index (χ3v) is 2.50. The third kappa shape index (κ3) is 1.75. The quantitative estimate of drug-likeness (QED) is 0.648. The Morgan fingerprint density at radius 2 is 2.11 bits per heavy atom. The van der Waals surface area contributed by atoms with E-state index in [0.717, 1.165) is 0 Å². The molecule has 0 aliphatic heterocycles. The van der Waals surface area contributed by atoms with E-state index < -0.39 is 0 Å². The second-order valence-electron chi connectivity index (χ2n) is 3.71. The van der Waals surface area contributed by atoms with Crippen LogP contribution in [0.2, 0.25) is 0 Å². The Hall–Kier alpha value is -2.56. The molecule has 0 bridgehead atoms. The SMILES string of the molecule is O=C(c1cnccn1)c1cc2cc(F)ccc2o1. The van der Waals surface area contributed by atoms with Crippen LogP contribution in [0.3, 0.4) is 0 Å². The topological polar surface area (TPSA) is 56.0 Å². The molecule has 0 aliphatic carbocycles. The molecular formula is C13H7FN2O2. The number of fused-ring (bicyclic) bond motifs is 1. The molecule has 88 valence electrons. The summed E-state index contributed by atoms with van der Waals surface area (Å²) in [4.78, 5) is 19.7. The summed E-state index contributed by atoms with van der Waals surface area (Å²) in [5, 5.41) is 0.544. The minimum Gasteiger partial charge on any atom is -0.453 e. The number of carbonyl (C=O) groups excluding carboxylic acids is 1. The van der Waals surface area contributed by atoms with Crippen LogP contribution in [-0.2, 0) is 0 Å². The minimum absolute atomic E-state index is 0.121.